The van der Waals surface area contributed by atoms with Gasteiger partial charge >= 0.3 is 6.09 Å². The molecule has 1 aliphatic rings. The molecule has 0 bridgehead atoms. The highest BCUT2D eigenvalue weighted by atomic mass is 16.4. The smallest absolute Gasteiger partial charge is 0.405 e. The van der Waals surface area contributed by atoms with E-state index < -0.39 is 18.0 Å². The minimum Gasteiger partial charge on any atom is -0.465 e. The Morgan fingerprint density at radius 2 is 1.85 bits per heavy atom. The molecule has 1 heterocycles. The predicted molar refractivity (Wildman–Crippen MR) is 132 cm³/mol. The van der Waals surface area contributed by atoms with Gasteiger partial charge in [0, 0.05) is 29.6 Å². The number of aromatic nitrogens is 1. The van der Waals surface area contributed by atoms with E-state index in [1.54, 1.807) is 0 Å². The Balaban J connectivity index is 1.72. The summed E-state index contributed by atoms with van der Waals surface area (Å²) in [6.07, 6.45) is 4.27. The number of rotatable bonds is 9. The number of para-hydroxylation sites is 1. The number of aromatic amines is 1. The first-order valence-corrected chi connectivity index (χ1v) is 12.3. The molecule has 2 aromatic rings. The lowest BCUT2D eigenvalue weighted by atomic mass is 9.70. The van der Waals surface area contributed by atoms with Gasteiger partial charge in [-0.3, -0.25) is 9.59 Å². The average Bonchev–Trinajstić information content (AvgIpc) is 3.19. The third-order valence-electron chi connectivity index (χ3n) is 7.10. The Morgan fingerprint density at radius 3 is 2.56 bits per heavy atom. The molecule has 0 saturated heterocycles. The summed E-state index contributed by atoms with van der Waals surface area (Å²) in [4.78, 5) is 40.1. The molecule has 186 valence electrons. The first kappa shape index (κ1) is 25.6. The zero-order chi connectivity index (χ0) is 24.8. The molecule has 1 fully saturated rings. The van der Waals surface area contributed by atoms with E-state index in [1.807, 2.05) is 30.5 Å². The van der Waals surface area contributed by atoms with Crippen molar-refractivity contribution in [3.63, 3.8) is 0 Å². The number of nitrogens with one attached hydrogen (secondary N) is 4. The van der Waals surface area contributed by atoms with E-state index in [9.17, 15) is 14.4 Å². The highest BCUT2D eigenvalue weighted by molar-refractivity contribution is 5.86. The molecule has 8 heteroatoms. The second-order valence-electron chi connectivity index (χ2n) is 10.1. The lowest BCUT2D eigenvalue weighted by Crippen LogP contribution is -2.52. The minimum atomic E-state index is -1.25. The Labute approximate surface area is 201 Å². The molecule has 1 aromatic heterocycles. The molecule has 1 saturated carbocycles. The van der Waals surface area contributed by atoms with Crippen molar-refractivity contribution in [1.82, 2.24) is 20.9 Å². The van der Waals surface area contributed by atoms with Crippen molar-refractivity contribution in [2.75, 3.05) is 6.54 Å². The van der Waals surface area contributed by atoms with Gasteiger partial charge in [0.05, 0.1) is 6.04 Å². The highest BCUT2D eigenvalue weighted by Gasteiger charge is 2.35. The van der Waals surface area contributed by atoms with Crippen LogP contribution in [0.5, 0.6) is 0 Å². The van der Waals surface area contributed by atoms with Crippen LogP contribution in [0.25, 0.3) is 10.9 Å². The van der Waals surface area contributed by atoms with Crippen LogP contribution in [0.15, 0.2) is 30.5 Å². The van der Waals surface area contributed by atoms with Gasteiger partial charge < -0.3 is 26.0 Å². The number of amides is 3. The zero-order valence-electron chi connectivity index (χ0n) is 20.6. The number of hydrogen-bond acceptors (Lipinski definition) is 3. The molecule has 8 nitrogen and oxygen atoms in total. The summed E-state index contributed by atoms with van der Waals surface area (Å²) in [5.74, 6) is 0.912. The molecule has 0 radical (unpaired) electrons. The summed E-state index contributed by atoms with van der Waals surface area (Å²) in [5, 5.41) is 18.2. The largest absolute Gasteiger partial charge is 0.465 e. The zero-order valence-corrected chi connectivity index (χ0v) is 20.6. The maximum atomic E-state index is 13.2. The summed E-state index contributed by atoms with van der Waals surface area (Å²) < 4.78 is 0. The summed E-state index contributed by atoms with van der Waals surface area (Å²) in [6.45, 7) is 8.34. The monoisotopic (exact) mass is 470 g/mol. The number of carboxylic acid groups (broad SMARTS) is 1. The Bertz CT molecular complexity index is 1000. The molecule has 0 aliphatic heterocycles. The summed E-state index contributed by atoms with van der Waals surface area (Å²) in [5.41, 5.74) is 2.03. The highest BCUT2D eigenvalue weighted by Crippen LogP contribution is 2.38. The van der Waals surface area contributed by atoms with Crippen LogP contribution in [-0.4, -0.2) is 46.6 Å². The average molecular weight is 471 g/mol. The van der Waals surface area contributed by atoms with Gasteiger partial charge in [-0.15, -0.1) is 0 Å². The van der Waals surface area contributed by atoms with E-state index in [0.29, 0.717) is 24.2 Å². The maximum Gasteiger partial charge on any atom is 0.405 e. The van der Waals surface area contributed by atoms with Gasteiger partial charge in [0.1, 0.15) is 6.04 Å². The Morgan fingerprint density at radius 1 is 1.12 bits per heavy atom. The van der Waals surface area contributed by atoms with Crippen molar-refractivity contribution in [3.05, 3.63) is 36.0 Å². The fraction of sp³-hybridized carbons (Fsp3) is 0.577. The number of hydrogen-bond donors (Lipinski definition) is 5. The van der Waals surface area contributed by atoms with Crippen LogP contribution in [0.2, 0.25) is 0 Å². The molecule has 1 aromatic carbocycles. The summed E-state index contributed by atoms with van der Waals surface area (Å²) >= 11 is 0. The van der Waals surface area contributed by atoms with Crippen molar-refractivity contribution in [2.45, 2.75) is 65.5 Å². The third kappa shape index (κ3) is 6.52. The van der Waals surface area contributed by atoms with Crippen LogP contribution in [-0.2, 0) is 16.0 Å². The van der Waals surface area contributed by atoms with Gasteiger partial charge in [-0.1, -0.05) is 45.4 Å². The van der Waals surface area contributed by atoms with Crippen LogP contribution < -0.4 is 16.0 Å². The molecule has 5 atom stereocenters. The quantitative estimate of drug-likeness (QED) is 0.384. The van der Waals surface area contributed by atoms with Gasteiger partial charge in [-0.05, 0) is 55.6 Å². The fourth-order valence-electron chi connectivity index (χ4n) is 5.18. The van der Waals surface area contributed by atoms with E-state index in [1.165, 1.54) is 6.92 Å². The molecule has 0 unspecified atom stereocenters. The fourth-order valence-corrected chi connectivity index (χ4v) is 5.18. The maximum absolute atomic E-state index is 13.2. The van der Waals surface area contributed by atoms with E-state index in [4.69, 9.17) is 5.11 Å². The normalized spacial score (nSPS) is 22.2. The van der Waals surface area contributed by atoms with Gasteiger partial charge in [-0.25, -0.2) is 4.79 Å². The van der Waals surface area contributed by atoms with Gasteiger partial charge in [-0.2, -0.15) is 0 Å². The van der Waals surface area contributed by atoms with Crippen molar-refractivity contribution in [2.24, 2.45) is 23.7 Å². The number of carbonyl (C=O) groups is 3. The minimum absolute atomic E-state index is 0.0270. The van der Waals surface area contributed by atoms with Crippen LogP contribution >= 0.6 is 0 Å². The van der Waals surface area contributed by atoms with Gasteiger partial charge in [0.25, 0.3) is 0 Å². The Kier molecular flexibility index (Phi) is 8.58. The molecule has 0 spiro atoms. The Hall–Kier alpha value is -3.03. The first-order valence-electron chi connectivity index (χ1n) is 12.3. The van der Waals surface area contributed by atoms with Gasteiger partial charge in [0.15, 0.2) is 0 Å². The van der Waals surface area contributed by atoms with E-state index in [2.05, 4.69) is 41.7 Å². The lowest BCUT2D eigenvalue weighted by molar-refractivity contribution is -0.130. The number of carbonyl (C=O) groups excluding carboxylic acids is 2. The van der Waals surface area contributed by atoms with E-state index in [0.717, 1.165) is 35.7 Å². The number of H-pyrrole nitrogens is 1. The third-order valence-corrected chi connectivity index (χ3v) is 7.10. The van der Waals surface area contributed by atoms with Crippen LogP contribution in [0.3, 0.4) is 0 Å². The molecular weight excluding hydrogens is 432 g/mol. The summed E-state index contributed by atoms with van der Waals surface area (Å²) in [7, 11) is 0. The van der Waals surface area contributed by atoms with Crippen molar-refractivity contribution in [1.29, 1.82) is 0 Å². The predicted octanol–water partition coefficient (Wildman–Crippen LogP) is 3.68. The topological polar surface area (TPSA) is 123 Å². The standard InChI is InChI=1S/C26H38N4O4/c1-15(2)20-10-9-16(3)11-22(20)25(32)28-14-19(30-24(31)17(4)29-26(33)34)12-18-13-27-23-8-6-5-7-21(18)23/h5-8,13,15-17,19-20,22,27,29H,9-12,14H2,1-4H3,(H,28,32)(H,30,31)(H,33,34)/t16-,17-,19+,20+,22-/m1/s1. The van der Waals surface area contributed by atoms with E-state index >= 15 is 0 Å². The van der Waals surface area contributed by atoms with E-state index in [-0.39, 0.29) is 24.4 Å². The number of fused-ring (bicyclic) bond motifs is 1. The summed E-state index contributed by atoms with van der Waals surface area (Å²) in [6, 6.07) is 6.64. The van der Waals surface area contributed by atoms with Crippen LogP contribution in [0.1, 0.15) is 52.5 Å². The molecule has 5 N–H and O–H groups in total. The molecular formula is C26H38N4O4. The van der Waals surface area contributed by atoms with Gasteiger partial charge in [0.2, 0.25) is 11.8 Å². The second-order valence-corrected chi connectivity index (χ2v) is 10.1. The molecule has 1 aliphatic carbocycles. The second kappa shape index (κ2) is 11.4. The van der Waals surface area contributed by atoms with Crippen molar-refractivity contribution >= 4 is 28.8 Å². The molecule has 3 amide bonds. The SMILES string of the molecule is CC(C)[C@@H]1CC[C@@H](C)C[C@H]1C(=O)NC[C@H](Cc1c[nH]c2ccccc12)NC(=O)[C@@H](C)NC(=O)O. The van der Waals surface area contributed by atoms with Crippen molar-refractivity contribution < 1.29 is 19.5 Å². The number of benzene rings is 1. The molecule has 3 rings (SSSR count). The van der Waals surface area contributed by atoms with Crippen molar-refractivity contribution in [3.8, 4) is 0 Å². The molecule has 34 heavy (non-hydrogen) atoms. The lowest BCUT2D eigenvalue weighted by Gasteiger charge is -2.36. The van der Waals surface area contributed by atoms with Crippen LogP contribution in [0, 0.1) is 23.7 Å². The van der Waals surface area contributed by atoms with Crippen LogP contribution in [0.4, 0.5) is 4.79 Å². The first-order chi connectivity index (χ1) is 16.2.